The van der Waals surface area contributed by atoms with Crippen LogP contribution >= 0.6 is 12.6 Å². The van der Waals surface area contributed by atoms with Gasteiger partial charge in [-0.1, -0.05) is 6.92 Å². The van der Waals surface area contributed by atoms with Crippen molar-refractivity contribution in [2.24, 2.45) is 11.8 Å². The average Bonchev–Trinajstić information content (AvgIpc) is 2.99. The molecule has 98 valence electrons. The molecule has 1 saturated heterocycles. The molecule has 0 bridgehead atoms. The van der Waals surface area contributed by atoms with Crippen molar-refractivity contribution in [3.63, 3.8) is 0 Å². The first-order valence-corrected chi connectivity index (χ1v) is 7.12. The summed E-state index contributed by atoms with van der Waals surface area (Å²) in [7, 11) is 0. The number of hydrogen-bond acceptors (Lipinski definition) is 4. The summed E-state index contributed by atoms with van der Waals surface area (Å²) in [6.45, 7) is 5.00. The first kappa shape index (κ1) is 13.2. The molecule has 1 heterocycles. The van der Waals surface area contributed by atoms with Gasteiger partial charge in [-0.15, -0.1) is 0 Å². The second kappa shape index (κ2) is 5.19. The highest BCUT2D eigenvalue weighted by molar-refractivity contribution is 7.81. The molecule has 3 nitrogen and oxygen atoms in total. The Morgan fingerprint density at radius 3 is 3.06 bits per heavy atom. The summed E-state index contributed by atoms with van der Waals surface area (Å²) in [5.74, 6) is 1.29. The van der Waals surface area contributed by atoms with Crippen molar-refractivity contribution < 1.29 is 14.3 Å². The summed E-state index contributed by atoms with van der Waals surface area (Å²) in [6, 6.07) is 0. The largest absolute Gasteiger partial charge is 0.465 e. The Hall–Kier alpha value is -0.220. The molecule has 2 rings (SSSR count). The van der Waals surface area contributed by atoms with Gasteiger partial charge in [-0.2, -0.15) is 12.6 Å². The van der Waals surface area contributed by atoms with E-state index in [0.717, 1.165) is 12.3 Å². The molecule has 4 atom stereocenters. The molecule has 1 aliphatic heterocycles. The van der Waals surface area contributed by atoms with Gasteiger partial charge in [0.15, 0.2) is 0 Å². The number of fused-ring (bicyclic) bond motifs is 1. The summed E-state index contributed by atoms with van der Waals surface area (Å²) in [5, 5.41) is 0. The van der Waals surface area contributed by atoms with E-state index < -0.39 is 0 Å². The van der Waals surface area contributed by atoms with Crippen LogP contribution in [0, 0.1) is 11.8 Å². The molecule has 2 aliphatic rings. The van der Waals surface area contributed by atoms with Gasteiger partial charge >= 0.3 is 5.97 Å². The topological polar surface area (TPSA) is 38.8 Å². The molecule has 17 heavy (non-hydrogen) atoms. The molecule has 0 aromatic heterocycles. The number of carbonyl (C=O) groups is 1. The van der Waals surface area contributed by atoms with Gasteiger partial charge in [-0.05, 0) is 44.4 Å². The highest BCUT2D eigenvalue weighted by Gasteiger charge is 2.55. The molecule has 4 unspecified atom stereocenters. The van der Waals surface area contributed by atoms with E-state index in [2.05, 4.69) is 26.5 Å². The number of hydrogen-bond donors (Lipinski definition) is 1. The third-order valence-corrected chi connectivity index (χ3v) is 4.59. The average molecular weight is 258 g/mol. The highest BCUT2D eigenvalue weighted by Crippen LogP contribution is 2.50. The molecule has 1 saturated carbocycles. The van der Waals surface area contributed by atoms with Gasteiger partial charge < -0.3 is 9.47 Å². The number of carbonyl (C=O) groups excluding carboxylic acids is 1. The lowest BCUT2D eigenvalue weighted by Gasteiger charge is -2.27. The van der Waals surface area contributed by atoms with Crippen molar-refractivity contribution in [1.29, 1.82) is 0 Å². The maximum atomic E-state index is 11.0. The first-order valence-electron chi connectivity index (χ1n) is 6.49. The van der Waals surface area contributed by atoms with Crippen LogP contribution in [-0.4, -0.2) is 30.0 Å². The van der Waals surface area contributed by atoms with E-state index in [1.807, 2.05) is 0 Å². The Morgan fingerprint density at radius 1 is 1.65 bits per heavy atom. The fraction of sp³-hybridized carbons (Fsp3) is 0.923. The number of esters is 1. The fourth-order valence-corrected chi connectivity index (χ4v) is 2.92. The molecule has 4 heteroatoms. The summed E-state index contributed by atoms with van der Waals surface area (Å²) in [5.41, 5.74) is 0.203. The van der Waals surface area contributed by atoms with Crippen molar-refractivity contribution >= 4 is 18.6 Å². The van der Waals surface area contributed by atoms with Crippen LogP contribution in [0.4, 0.5) is 0 Å². The smallest absolute Gasteiger partial charge is 0.315 e. The van der Waals surface area contributed by atoms with Crippen LogP contribution in [0.1, 0.15) is 39.5 Å². The van der Waals surface area contributed by atoms with Crippen LogP contribution in [-0.2, 0) is 14.3 Å². The van der Waals surface area contributed by atoms with E-state index >= 15 is 0 Å². The van der Waals surface area contributed by atoms with Gasteiger partial charge in [0, 0.05) is 0 Å². The molecule has 0 radical (unpaired) electrons. The zero-order valence-electron chi connectivity index (χ0n) is 10.6. The van der Waals surface area contributed by atoms with E-state index in [4.69, 9.17) is 9.47 Å². The molecule has 0 N–H and O–H groups in total. The van der Waals surface area contributed by atoms with Crippen LogP contribution in [0.3, 0.4) is 0 Å². The number of epoxide rings is 1. The van der Waals surface area contributed by atoms with E-state index in [1.54, 1.807) is 0 Å². The number of ether oxygens (including phenoxy) is 2. The van der Waals surface area contributed by atoms with Crippen molar-refractivity contribution in [1.82, 2.24) is 0 Å². The lowest BCUT2D eigenvalue weighted by atomic mass is 9.76. The van der Waals surface area contributed by atoms with E-state index in [1.165, 1.54) is 19.3 Å². The van der Waals surface area contributed by atoms with Crippen LogP contribution in [0.5, 0.6) is 0 Å². The van der Waals surface area contributed by atoms with E-state index in [-0.39, 0.29) is 17.3 Å². The minimum atomic E-state index is -0.220. The highest BCUT2D eigenvalue weighted by atomic mass is 32.1. The van der Waals surface area contributed by atoms with Gasteiger partial charge in [-0.3, -0.25) is 4.79 Å². The second-order valence-electron chi connectivity index (χ2n) is 5.60. The van der Waals surface area contributed by atoms with Crippen LogP contribution in [0.2, 0.25) is 0 Å². The van der Waals surface area contributed by atoms with Crippen LogP contribution < -0.4 is 0 Å². The molecule has 0 amide bonds. The maximum absolute atomic E-state index is 11.0. The number of thiol groups is 1. The molecule has 0 aromatic rings. The van der Waals surface area contributed by atoms with E-state index in [9.17, 15) is 4.79 Å². The van der Waals surface area contributed by atoms with Crippen LogP contribution in [0.25, 0.3) is 0 Å². The third-order valence-electron chi connectivity index (χ3n) is 4.33. The van der Waals surface area contributed by atoms with Crippen LogP contribution in [0.15, 0.2) is 0 Å². The molecule has 2 fully saturated rings. The summed E-state index contributed by atoms with van der Waals surface area (Å²) in [6.07, 6.45) is 5.05. The lowest BCUT2D eigenvalue weighted by molar-refractivity contribution is -0.140. The van der Waals surface area contributed by atoms with Crippen molar-refractivity contribution in [3.05, 3.63) is 0 Å². The Morgan fingerprint density at radius 2 is 2.41 bits per heavy atom. The lowest BCUT2D eigenvalue weighted by Crippen LogP contribution is -2.26. The molecular formula is C13H22O3S. The zero-order chi connectivity index (χ0) is 12.5. The molecular weight excluding hydrogens is 236 g/mol. The minimum Gasteiger partial charge on any atom is -0.465 e. The Kier molecular flexibility index (Phi) is 4.03. The van der Waals surface area contributed by atoms with Gasteiger partial charge in [0.1, 0.15) is 0 Å². The Balaban J connectivity index is 1.66. The standard InChI is InChI=1S/C13H22O3S/c1-9(4-6-15-12(14)8-17)10-3-5-13(2)11(7-10)16-13/h9-11,17H,3-8H2,1-2H3. The van der Waals surface area contributed by atoms with E-state index in [0.29, 0.717) is 18.6 Å². The minimum absolute atomic E-state index is 0.173. The van der Waals surface area contributed by atoms with Gasteiger partial charge in [0.05, 0.1) is 24.1 Å². The van der Waals surface area contributed by atoms with Gasteiger partial charge in [-0.25, -0.2) is 0 Å². The van der Waals surface area contributed by atoms with Crippen molar-refractivity contribution in [3.8, 4) is 0 Å². The second-order valence-corrected chi connectivity index (χ2v) is 5.91. The summed E-state index contributed by atoms with van der Waals surface area (Å²) >= 11 is 3.88. The third kappa shape index (κ3) is 3.16. The van der Waals surface area contributed by atoms with Crippen molar-refractivity contribution in [2.45, 2.75) is 51.2 Å². The summed E-state index contributed by atoms with van der Waals surface area (Å²) in [4.78, 5) is 11.0. The molecule has 0 spiro atoms. The van der Waals surface area contributed by atoms with Crippen molar-refractivity contribution in [2.75, 3.05) is 12.4 Å². The first-order chi connectivity index (χ1) is 8.05. The Bertz CT molecular complexity index is 294. The molecule has 1 aliphatic carbocycles. The fourth-order valence-electron chi connectivity index (χ4n) is 2.83. The predicted octanol–water partition coefficient (Wildman–Crippen LogP) is 2.44. The quantitative estimate of drug-likeness (QED) is 0.468. The zero-order valence-corrected chi connectivity index (χ0v) is 11.5. The maximum Gasteiger partial charge on any atom is 0.315 e. The Labute approximate surface area is 109 Å². The van der Waals surface area contributed by atoms with Gasteiger partial charge in [0.25, 0.3) is 0 Å². The number of rotatable bonds is 5. The molecule has 0 aromatic carbocycles. The van der Waals surface area contributed by atoms with Gasteiger partial charge in [0.2, 0.25) is 0 Å². The SMILES string of the molecule is CC(CCOC(=O)CS)C1CCC2(C)OC2C1. The normalized spacial score (nSPS) is 37.1. The predicted molar refractivity (Wildman–Crippen MR) is 69.2 cm³/mol. The summed E-state index contributed by atoms with van der Waals surface area (Å²) < 4.78 is 10.8. The monoisotopic (exact) mass is 258 g/mol.